The number of nitrogens with one attached hydrogen (secondary N) is 1. The van der Waals surface area contributed by atoms with Gasteiger partial charge in [-0.25, -0.2) is 4.39 Å². The topological polar surface area (TPSA) is 12.0 Å². The van der Waals surface area contributed by atoms with Crippen LogP contribution in [0.2, 0.25) is 0 Å². The van der Waals surface area contributed by atoms with Crippen LogP contribution in [0.1, 0.15) is 63.6 Å². The maximum atomic E-state index is 13.6. The summed E-state index contributed by atoms with van der Waals surface area (Å²) in [6, 6.07) is 6.40. The molecule has 1 fully saturated rings. The molecule has 1 saturated carbocycles. The first-order chi connectivity index (χ1) is 9.47. The zero-order valence-corrected chi connectivity index (χ0v) is 13.2. The largest absolute Gasteiger partial charge is 0.307 e. The lowest BCUT2D eigenvalue weighted by molar-refractivity contribution is 0.231. The van der Waals surface area contributed by atoms with Crippen LogP contribution in [-0.4, -0.2) is 6.04 Å². The highest BCUT2D eigenvalue weighted by atomic mass is 19.1. The summed E-state index contributed by atoms with van der Waals surface area (Å²) >= 11 is 0. The lowest BCUT2D eigenvalue weighted by Crippen LogP contribution is -2.35. The predicted octanol–water partition coefficient (Wildman–Crippen LogP) is 5.00. The van der Waals surface area contributed by atoms with Gasteiger partial charge >= 0.3 is 0 Å². The van der Waals surface area contributed by atoms with Gasteiger partial charge in [0.05, 0.1) is 0 Å². The molecule has 1 aliphatic carbocycles. The van der Waals surface area contributed by atoms with E-state index in [9.17, 15) is 4.39 Å². The molecule has 0 spiro atoms. The highest BCUT2D eigenvalue weighted by Gasteiger charge is 2.24. The Morgan fingerprint density at radius 2 is 1.75 bits per heavy atom. The molecule has 0 heterocycles. The Bertz CT molecular complexity index is 433. The van der Waals surface area contributed by atoms with Crippen LogP contribution in [0.5, 0.6) is 0 Å². The third-order valence-corrected chi connectivity index (χ3v) is 4.90. The van der Waals surface area contributed by atoms with Gasteiger partial charge in [-0.2, -0.15) is 0 Å². The summed E-state index contributed by atoms with van der Waals surface area (Å²) < 4.78 is 13.6. The quantitative estimate of drug-likeness (QED) is 0.816. The summed E-state index contributed by atoms with van der Waals surface area (Å²) in [5, 5.41) is 3.67. The van der Waals surface area contributed by atoms with Crippen molar-refractivity contribution >= 4 is 0 Å². The van der Waals surface area contributed by atoms with Gasteiger partial charge in [-0.05, 0) is 68.6 Å². The van der Waals surface area contributed by atoms with Crippen molar-refractivity contribution in [2.45, 2.75) is 65.5 Å². The van der Waals surface area contributed by atoms with Gasteiger partial charge in [0.15, 0.2) is 0 Å². The summed E-state index contributed by atoms with van der Waals surface area (Å²) in [5.74, 6) is 1.60. The van der Waals surface area contributed by atoms with Crippen molar-refractivity contribution in [2.24, 2.45) is 11.8 Å². The summed E-state index contributed by atoms with van der Waals surface area (Å²) in [4.78, 5) is 0. The fraction of sp³-hybridized carbons (Fsp3) is 0.667. The van der Waals surface area contributed by atoms with Crippen molar-refractivity contribution in [1.29, 1.82) is 0 Å². The maximum absolute atomic E-state index is 13.6. The van der Waals surface area contributed by atoms with Gasteiger partial charge in [0.1, 0.15) is 5.82 Å². The predicted molar refractivity (Wildman–Crippen MR) is 83.3 cm³/mol. The van der Waals surface area contributed by atoms with E-state index in [0.717, 1.165) is 23.0 Å². The van der Waals surface area contributed by atoms with Gasteiger partial charge in [-0.3, -0.25) is 0 Å². The Labute approximate surface area is 123 Å². The minimum atomic E-state index is -0.0975. The van der Waals surface area contributed by atoms with Gasteiger partial charge in [0.25, 0.3) is 0 Å². The Hall–Kier alpha value is -0.890. The van der Waals surface area contributed by atoms with Crippen LogP contribution in [0.4, 0.5) is 4.39 Å². The van der Waals surface area contributed by atoms with Crippen molar-refractivity contribution in [2.75, 3.05) is 0 Å². The molecule has 2 rings (SSSR count). The molecule has 20 heavy (non-hydrogen) atoms. The van der Waals surface area contributed by atoms with Crippen molar-refractivity contribution in [1.82, 2.24) is 5.32 Å². The van der Waals surface area contributed by atoms with E-state index in [4.69, 9.17) is 0 Å². The average molecular weight is 277 g/mol. The molecule has 2 heteroatoms. The molecule has 1 unspecified atom stereocenters. The minimum Gasteiger partial charge on any atom is -0.307 e. The number of halogens is 1. The first-order valence-corrected chi connectivity index (χ1v) is 7.99. The molecular formula is C18H28FN. The monoisotopic (exact) mass is 277 g/mol. The molecule has 1 nitrogen and oxygen atoms in total. The lowest BCUT2D eigenvalue weighted by Gasteiger charge is -2.33. The van der Waals surface area contributed by atoms with Gasteiger partial charge in [0, 0.05) is 12.1 Å². The van der Waals surface area contributed by atoms with E-state index < -0.39 is 0 Å². The number of rotatable bonds is 4. The second-order valence-electron chi connectivity index (χ2n) is 6.75. The molecule has 0 aromatic heterocycles. The third-order valence-electron chi connectivity index (χ3n) is 4.90. The molecule has 0 bridgehead atoms. The lowest BCUT2D eigenvalue weighted by atomic mass is 9.79. The molecule has 1 aliphatic rings. The molecule has 0 aliphatic heterocycles. The summed E-state index contributed by atoms with van der Waals surface area (Å²) in [6.45, 7) is 8.61. The van der Waals surface area contributed by atoms with Crippen LogP contribution >= 0.6 is 0 Å². The van der Waals surface area contributed by atoms with Crippen LogP contribution in [0.25, 0.3) is 0 Å². The van der Waals surface area contributed by atoms with E-state index in [0.29, 0.717) is 6.04 Å². The van der Waals surface area contributed by atoms with Crippen LogP contribution in [0.15, 0.2) is 18.2 Å². The summed E-state index contributed by atoms with van der Waals surface area (Å²) in [5.41, 5.74) is 1.78. The Balaban J connectivity index is 1.89. The fourth-order valence-corrected chi connectivity index (χ4v) is 3.28. The molecule has 0 saturated heterocycles. The SMILES string of the molecule is Cc1ccc(C(C)NC2CCC(C(C)C)CC2)cc1F. The van der Waals surface area contributed by atoms with Gasteiger partial charge in [-0.15, -0.1) is 0 Å². The molecule has 0 radical (unpaired) electrons. The number of aryl methyl sites for hydroxylation is 1. The first-order valence-electron chi connectivity index (χ1n) is 7.99. The van der Waals surface area contributed by atoms with E-state index in [-0.39, 0.29) is 11.9 Å². The van der Waals surface area contributed by atoms with Crippen molar-refractivity contribution in [3.8, 4) is 0 Å². The molecule has 1 aromatic carbocycles. The first kappa shape index (κ1) is 15.5. The summed E-state index contributed by atoms with van der Waals surface area (Å²) in [6.07, 6.45) is 5.15. The smallest absolute Gasteiger partial charge is 0.126 e. The molecule has 1 atom stereocenters. The number of benzene rings is 1. The molecule has 0 amide bonds. The normalized spacial score (nSPS) is 24.9. The van der Waals surface area contributed by atoms with Crippen LogP contribution in [-0.2, 0) is 0 Å². The van der Waals surface area contributed by atoms with Crippen LogP contribution < -0.4 is 5.32 Å². The maximum Gasteiger partial charge on any atom is 0.126 e. The van der Waals surface area contributed by atoms with E-state index in [1.165, 1.54) is 25.7 Å². The Kier molecular flexibility index (Phi) is 5.20. The molecule has 112 valence electrons. The van der Waals surface area contributed by atoms with Crippen molar-refractivity contribution in [3.63, 3.8) is 0 Å². The van der Waals surface area contributed by atoms with E-state index in [1.54, 1.807) is 6.07 Å². The van der Waals surface area contributed by atoms with Crippen LogP contribution in [0.3, 0.4) is 0 Å². The Morgan fingerprint density at radius 1 is 1.10 bits per heavy atom. The minimum absolute atomic E-state index is 0.0975. The van der Waals surface area contributed by atoms with Gasteiger partial charge in [0.2, 0.25) is 0 Å². The standard InChI is InChI=1S/C18H28FN/c1-12(2)15-7-9-17(10-8-15)20-14(4)16-6-5-13(3)18(19)11-16/h5-6,11-12,14-15,17,20H,7-10H2,1-4H3. The zero-order chi connectivity index (χ0) is 14.7. The van der Waals surface area contributed by atoms with E-state index >= 15 is 0 Å². The third kappa shape index (κ3) is 3.82. The van der Waals surface area contributed by atoms with Crippen molar-refractivity contribution in [3.05, 3.63) is 35.1 Å². The number of hydrogen-bond acceptors (Lipinski definition) is 1. The second kappa shape index (κ2) is 6.71. The van der Waals surface area contributed by atoms with Gasteiger partial charge in [-0.1, -0.05) is 26.0 Å². The highest BCUT2D eigenvalue weighted by Crippen LogP contribution is 2.31. The number of hydrogen-bond donors (Lipinski definition) is 1. The average Bonchev–Trinajstić information content (AvgIpc) is 2.42. The van der Waals surface area contributed by atoms with E-state index in [1.807, 2.05) is 19.1 Å². The van der Waals surface area contributed by atoms with Gasteiger partial charge < -0.3 is 5.32 Å². The highest BCUT2D eigenvalue weighted by molar-refractivity contribution is 5.25. The van der Waals surface area contributed by atoms with E-state index in [2.05, 4.69) is 26.1 Å². The molecule has 1 N–H and O–H groups in total. The summed E-state index contributed by atoms with van der Waals surface area (Å²) in [7, 11) is 0. The van der Waals surface area contributed by atoms with Crippen LogP contribution in [0, 0.1) is 24.6 Å². The fourth-order valence-electron chi connectivity index (χ4n) is 3.28. The molecular weight excluding hydrogens is 249 g/mol. The van der Waals surface area contributed by atoms with Crippen molar-refractivity contribution < 1.29 is 4.39 Å². The second-order valence-corrected chi connectivity index (χ2v) is 6.75. The molecule has 1 aromatic rings. The Morgan fingerprint density at radius 3 is 2.30 bits per heavy atom. The zero-order valence-electron chi connectivity index (χ0n) is 13.2.